The van der Waals surface area contributed by atoms with Crippen LogP contribution in [0.2, 0.25) is 0 Å². The molecule has 0 aromatic heterocycles. The van der Waals surface area contributed by atoms with Crippen LogP contribution in [-0.4, -0.2) is 24.2 Å². The van der Waals surface area contributed by atoms with E-state index in [0.717, 1.165) is 30.0 Å². The van der Waals surface area contributed by atoms with Crippen molar-refractivity contribution in [2.24, 2.45) is 0 Å². The molecule has 1 N–H and O–H groups in total. The first-order valence-corrected chi connectivity index (χ1v) is 8.00. The average molecular weight is 362 g/mol. The molecule has 0 bridgehead atoms. The van der Waals surface area contributed by atoms with Crippen LogP contribution in [0.4, 0.5) is 14.5 Å². The van der Waals surface area contributed by atoms with Gasteiger partial charge in [-0.2, -0.15) is 5.26 Å². The van der Waals surface area contributed by atoms with Crippen LogP contribution in [0.15, 0.2) is 47.4 Å². The zero-order valence-electron chi connectivity index (χ0n) is 12.8. The van der Waals surface area contributed by atoms with E-state index >= 15 is 0 Å². The van der Waals surface area contributed by atoms with E-state index in [2.05, 4.69) is 5.32 Å². The minimum absolute atomic E-state index is 0.0238. The molecule has 5 nitrogen and oxygen atoms in total. The lowest BCUT2D eigenvalue weighted by Gasteiger charge is -2.08. The van der Waals surface area contributed by atoms with Crippen LogP contribution in [-0.2, 0) is 14.3 Å². The molecule has 0 atom stereocenters. The van der Waals surface area contributed by atoms with Crippen LogP contribution >= 0.6 is 11.8 Å². The van der Waals surface area contributed by atoms with E-state index in [1.165, 1.54) is 6.07 Å². The number of carbonyl (C=O) groups excluding carboxylic acids is 2. The summed E-state index contributed by atoms with van der Waals surface area (Å²) in [5.41, 5.74) is 0.585. The zero-order chi connectivity index (χ0) is 18.2. The molecule has 0 aliphatic rings. The van der Waals surface area contributed by atoms with Crippen molar-refractivity contribution in [1.29, 1.82) is 5.26 Å². The van der Waals surface area contributed by atoms with Crippen molar-refractivity contribution in [3.8, 4) is 6.07 Å². The van der Waals surface area contributed by atoms with Crippen LogP contribution in [0.3, 0.4) is 0 Å². The van der Waals surface area contributed by atoms with E-state index in [4.69, 9.17) is 10.00 Å². The molecule has 0 radical (unpaired) electrons. The van der Waals surface area contributed by atoms with Gasteiger partial charge in [-0.25, -0.2) is 8.78 Å². The molecule has 0 saturated heterocycles. The lowest BCUT2D eigenvalue weighted by atomic mass is 10.2. The highest BCUT2D eigenvalue weighted by Crippen LogP contribution is 2.22. The highest BCUT2D eigenvalue weighted by molar-refractivity contribution is 8.00. The van der Waals surface area contributed by atoms with Gasteiger partial charge < -0.3 is 10.1 Å². The highest BCUT2D eigenvalue weighted by atomic mass is 32.2. The second-order valence-corrected chi connectivity index (χ2v) is 5.75. The molecule has 0 saturated carbocycles. The number of carbonyl (C=O) groups is 2. The lowest BCUT2D eigenvalue weighted by molar-refractivity contribution is -0.144. The molecule has 2 aromatic rings. The standard InChI is InChI=1S/C17H12F2N2O3S/c18-12-5-6-13(19)15(7-12)25-10-17(23)24-9-16(22)21-14-4-2-1-3-11(14)8-20/h1-7H,9-10H2,(H,21,22). The molecule has 2 rings (SSSR count). The quantitative estimate of drug-likeness (QED) is 0.631. The highest BCUT2D eigenvalue weighted by Gasteiger charge is 2.12. The summed E-state index contributed by atoms with van der Waals surface area (Å²) in [7, 11) is 0. The van der Waals surface area contributed by atoms with Gasteiger partial charge in [-0.15, -0.1) is 11.8 Å². The number of hydrogen-bond donors (Lipinski definition) is 1. The number of ether oxygens (including phenoxy) is 1. The Morgan fingerprint density at radius 2 is 1.96 bits per heavy atom. The average Bonchev–Trinajstić information content (AvgIpc) is 2.61. The third kappa shape index (κ3) is 5.58. The molecule has 0 spiro atoms. The van der Waals surface area contributed by atoms with Gasteiger partial charge in [-0.1, -0.05) is 12.1 Å². The molecular formula is C17H12F2N2O3S. The minimum Gasteiger partial charge on any atom is -0.455 e. The second-order valence-electron chi connectivity index (χ2n) is 4.73. The smallest absolute Gasteiger partial charge is 0.316 e. The van der Waals surface area contributed by atoms with E-state index in [1.54, 1.807) is 18.2 Å². The molecule has 0 fully saturated rings. The van der Waals surface area contributed by atoms with Crippen molar-refractivity contribution in [3.63, 3.8) is 0 Å². The van der Waals surface area contributed by atoms with E-state index in [1.807, 2.05) is 6.07 Å². The van der Waals surface area contributed by atoms with Gasteiger partial charge >= 0.3 is 5.97 Å². The number of nitriles is 1. The number of amides is 1. The SMILES string of the molecule is N#Cc1ccccc1NC(=O)COC(=O)CSc1cc(F)ccc1F. The van der Waals surface area contributed by atoms with Gasteiger partial charge in [0.15, 0.2) is 6.61 Å². The van der Waals surface area contributed by atoms with Crippen LogP contribution in [0.1, 0.15) is 5.56 Å². The summed E-state index contributed by atoms with van der Waals surface area (Å²) >= 11 is 0.767. The molecular weight excluding hydrogens is 350 g/mol. The van der Waals surface area contributed by atoms with Crippen molar-refractivity contribution >= 4 is 29.3 Å². The number of halogens is 2. The fourth-order valence-electron chi connectivity index (χ4n) is 1.79. The van der Waals surface area contributed by atoms with Crippen molar-refractivity contribution in [2.45, 2.75) is 4.90 Å². The first-order valence-electron chi connectivity index (χ1n) is 7.02. The summed E-state index contributed by atoms with van der Waals surface area (Å²) in [4.78, 5) is 23.3. The van der Waals surface area contributed by atoms with Crippen molar-refractivity contribution in [1.82, 2.24) is 0 Å². The number of rotatable bonds is 6. The van der Waals surface area contributed by atoms with E-state index in [0.29, 0.717) is 5.69 Å². The third-order valence-electron chi connectivity index (χ3n) is 2.92. The van der Waals surface area contributed by atoms with Crippen LogP contribution in [0.25, 0.3) is 0 Å². The Bertz CT molecular complexity index is 837. The Morgan fingerprint density at radius 1 is 1.20 bits per heavy atom. The number of esters is 1. The fraction of sp³-hybridized carbons (Fsp3) is 0.118. The van der Waals surface area contributed by atoms with Gasteiger partial charge in [0.05, 0.1) is 17.0 Å². The van der Waals surface area contributed by atoms with Crippen LogP contribution < -0.4 is 5.32 Å². The van der Waals surface area contributed by atoms with Crippen molar-refractivity contribution < 1.29 is 23.1 Å². The van der Waals surface area contributed by atoms with Gasteiger partial charge in [0.2, 0.25) is 0 Å². The Kier molecular flexibility index (Phi) is 6.48. The lowest BCUT2D eigenvalue weighted by Crippen LogP contribution is -2.22. The Labute approximate surface area is 146 Å². The summed E-state index contributed by atoms with van der Waals surface area (Å²) < 4.78 is 31.2. The minimum atomic E-state index is -0.752. The maximum absolute atomic E-state index is 13.4. The molecule has 128 valence electrons. The number of nitrogens with one attached hydrogen (secondary N) is 1. The Balaban J connectivity index is 1.80. The van der Waals surface area contributed by atoms with Crippen LogP contribution in [0, 0.1) is 23.0 Å². The van der Waals surface area contributed by atoms with Crippen LogP contribution in [0.5, 0.6) is 0 Å². The molecule has 1 amide bonds. The first kappa shape index (κ1) is 18.4. The molecule has 0 heterocycles. The first-order chi connectivity index (χ1) is 12.0. The molecule has 0 aliphatic heterocycles. The number of hydrogen-bond acceptors (Lipinski definition) is 5. The predicted octanol–water partition coefficient (Wildman–Crippen LogP) is 3.11. The normalized spacial score (nSPS) is 9.96. The van der Waals surface area contributed by atoms with Gasteiger partial charge in [-0.3, -0.25) is 9.59 Å². The molecule has 0 unspecified atom stereocenters. The molecule has 8 heteroatoms. The summed E-state index contributed by atoms with van der Waals surface area (Å²) in [6.07, 6.45) is 0. The summed E-state index contributed by atoms with van der Waals surface area (Å²) in [5, 5.41) is 11.4. The summed E-state index contributed by atoms with van der Waals surface area (Å²) in [6, 6.07) is 11.2. The molecule has 2 aromatic carbocycles. The number of para-hydroxylation sites is 1. The van der Waals surface area contributed by atoms with E-state index < -0.39 is 30.1 Å². The molecule has 25 heavy (non-hydrogen) atoms. The fourth-order valence-corrected chi connectivity index (χ4v) is 2.55. The van der Waals surface area contributed by atoms with Crippen molar-refractivity contribution in [3.05, 3.63) is 59.7 Å². The molecule has 0 aliphatic carbocycles. The second kappa shape index (κ2) is 8.80. The zero-order valence-corrected chi connectivity index (χ0v) is 13.6. The number of nitrogens with zero attached hydrogens (tertiary/aromatic N) is 1. The maximum Gasteiger partial charge on any atom is 0.316 e. The number of benzene rings is 2. The van der Waals surface area contributed by atoms with E-state index in [-0.39, 0.29) is 16.2 Å². The summed E-state index contributed by atoms with van der Waals surface area (Å²) in [6.45, 7) is -0.551. The Hall–Kier alpha value is -2.92. The summed E-state index contributed by atoms with van der Waals surface area (Å²) in [5.74, 6) is -2.91. The van der Waals surface area contributed by atoms with Crippen molar-refractivity contribution in [2.75, 3.05) is 17.7 Å². The third-order valence-corrected chi connectivity index (χ3v) is 3.93. The number of thioether (sulfide) groups is 1. The number of anilines is 1. The van der Waals surface area contributed by atoms with Gasteiger partial charge in [0.25, 0.3) is 5.91 Å². The van der Waals surface area contributed by atoms with Gasteiger partial charge in [0, 0.05) is 4.90 Å². The topological polar surface area (TPSA) is 79.2 Å². The van der Waals surface area contributed by atoms with Gasteiger partial charge in [-0.05, 0) is 30.3 Å². The van der Waals surface area contributed by atoms with E-state index in [9.17, 15) is 18.4 Å². The predicted molar refractivity (Wildman–Crippen MR) is 87.8 cm³/mol. The maximum atomic E-state index is 13.4. The Morgan fingerprint density at radius 3 is 2.72 bits per heavy atom. The van der Waals surface area contributed by atoms with Gasteiger partial charge in [0.1, 0.15) is 17.7 Å². The monoisotopic (exact) mass is 362 g/mol. The largest absolute Gasteiger partial charge is 0.455 e.